The third kappa shape index (κ3) is 64.0. The van der Waals surface area contributed by atoms with Crippen molar-refractivity contribution < 1.29 is 14.4 Å². The molecule has 0 saturated heterocycles. The molecule has 0 saturated carbocycles. The number of hydrogen-bond donors (Lipinski definition) is 1. The highest BCUT2D eigenvalue weighted by atomic mass is 16.2. The predicted molar refractivity (Wildman–Crippen MR) is 432 cm³/mol. The summed E-state index contributed by atoms with van der Waals surface area (Å²) >= 11 is 0. The zero-order valence-corrected chi connectivity index (χ0v) is 57.7. The molecule has 3 amide bonds. The summed E-state index contributed by atoms with van der Waals surface area (Å²) in [6.45, 7) is 4.15. The molecular formula is C106H24N2O3. The molecule has 0 unspecified atom stereocenters. The summed E-state index contributed by atoms with van der Waals surface area (Å²) in [5.74, 6) is 216. The zero-order valence-electron chi connectivity index (χ0n) is 57.7. The van der Waals surface area contributed by atoms with Crippen LogP contribution in [0.2, 0.25) is 0 Å². The number of nitrogens with one attached hydrogen (secondary N) is 1. The van der Waals surface area contributed by atoms with Crippen LogP contribution in [0.5, 0.6) is 0 Å². The lowest BCUT2D eigenvalue weighted by Crippen LogP contribution is -2.40. The van der Waals surface area contributed by atoms with Crippen LogP contribution in [-0.4, -0.2) is 35.7 Å². The molecule has 2 rings (SSSR count). The molecule has 1 N–H and O–H groups in total. The van der Waals surface area contributed by atoms with Crippen molar-refractivity contribution in [3.8, 4) is 522 Å². The molecule has 5 nitrogen and oxygen atoms in total. The first-order valence-electron chi connectivity index (χ1n) is 29.8. The Morgan fingerprint density at radius 2 is 0.459 bits per heavy atom. The molecule has 0 fully saturated rings. The minimum Gasteiger partial charge on any atom is -0.354 e. The molecule has 0 bridgehead atoms. The maximum absolute atomic E-state index is 12.2. The van der Waals surface area contributed by atoms with E-state index >= 15 is 0 Å². The number of hydrogen-bond acceptors (Lipinski definition) is 3. The zero-order chi connectivity index (χ0) is 79.5. The van der Waals surface area contributed by atoms with E-state index in [2.05, 4.69) is 520 Å². The van der Waals surface area contributed by atoms with Crippen molar-refractivity contribution in [2.75, 3.05) is 13.1 Å². The standard InChI is InChI=1S/C89H4.C17H20N2O3/c1-3-5-7-9-11-13-15-17-19-21-23-25-27-29-31-33-35-37-39-41-43-45-47-49-51-53-55-57-59-61-63-65-67-69-71-73-75-77-79-81-83-85-87-89-88-86-84-82-80-78-76-74-72-70-68-66-64-62-60-58-56-54-52-50-48-46-44-42-40-38-36-34-32-30-28-26-24-22-20-18-16-14-12-10-8-6-4-2;1-2-14(12-13-6-4-3-5-7-13)17(22)18-10-11-19-15(20)8-9-16(19)21/h1H,2H3;3-9,14H,2,10-12H2,1H3,(H,18,22)/t;14-/m.0/s1. The molecule has 1 heterocycles. The van der Waals surface area contributed by atoms with Gasteiger partial charge in [0.15, 0.2) is 0 Å². The van der Waals surface area contributed by atoms with Gasteiger partial charge in [0.2, 0.25) is 5.91 Å². The number of benzene rings is 1. The van der Waals surface area contributed by atoms with Crippen LogP contribution in [0.3, 0.4) is 0 Å². The summed E-state index contributed by atoms with van der Waals surface area (Å²) in [5.41, 5.74) is 1.12. The Morgan fingerprint density at radius 3 is 0.622 bits per heavy atom. The van der Waals surface area contributed by atoms with Crippen LogP contribution in [0.15, 0.2) is 42.5 Å². The highest BCUT2D eigenvalue weighted by Gasteiger charge is 2.23. The van der Waals surface area contributed by atoms with Crippen LogP contribution in [0, 0.1) is 527 Å². The fourth-order valence-electron chi connectivity index (χ4n) is 5.10. The predicted octanol–water partition coefficient (Wildman–Crippen LogP) is 2.08. The van der Waals surface area contributed by atoms with Gasteiger partial charge in [-0.3, -0.25) is 19.3 Å². The Hall–Kier alpha value is -21.8. The van der Waals surface area contributed by atoms with Crippen LogP contribution in [0.25, 0.3) is 0 Å². The minimum absolute atomic E-state index is 0.0431. The van der Waals surface area contributed by atoms with Crippen LogP contribution in [-0.2, 0) is 20.8 Å². The van der Waals surface area contributed by atoms with Crippen molar-refractivity contribution in [3.63, 3.8) is 0 Å². The van der Waals surface area contributed by atoms with Gasteiger partial charge < -0.3 is 5.32 Å². The Morgan fingerprint density at radius 1 is 0.288 bits per heavy atom. The Labute approximate surface area is 653 Å². The van der Waals surface area contributed by atoms with E-state index in [1.807, 2.05) is 37.3 Å². The molecule has 1 aliphatic rings. The number of carbonyl (C=O) groups excluding carboxylic acids is 3. The van der Waals surface area contributed by atoms with Gasteiger partial charge >= 0.3 is 0 Å². The Kier molecular flexibility index (Phi) is 58.2. The second-order valence-electron chi connectivity index (χ2n) is 16.3. The van der Waals surface area contributed by atoms with Gasteiger partial charge in [-0.15, -0.1) is 6.42 Å². The van der Waals surface area contributed by atoms with Crippen LogP contribution in [0.4, 0.5) is 0 Å². The van der Waals surface area contributed by atoms with Crippen molar-refractivity contribution in [1.82, 2.24) is 10.2 Å². The fraction of sp³-hybridized carbons (Fsp3) is 0.0660. The van der Waals surface area contributed by atoms with Crippen LogP contribution >= 0.6 is 0 Å². The lowest BCUT2D eigenvalue weighted by Gasteiger charge is -2.17. The summed E-state index contributed by atoms with van der Waals surface area (Å²) in [5, 5.41) is 2.81. The van der Waals surface area contributed by atoms with E-state index < -0.39 is 0 Å². The maximum Gasteiger partial charge on any atom is 0.253 e. The summed E-state index contributed by atoms with van der Waals surface area (Å²) in [7, 11) is 0. The molecule has 1 aliphatic heterocycles. The van der Waals surface area contributed by atoms with E-state index in [0.717, 1.165) is 16.9 Å². The number of terminal acetylenes is 1. The van der Waals surface area contributed by atoms with Crippen molar-refractivity contribution in [2.45, 2.75) is 26.7 Å². The van der Waals surface area contributed by atoms with E-state index in [9.17, 15) is 14.4 Å². The molecule has 0 aliphatic carbocycles. The normalized spacial score (nSPS) is 6.19. The quantitative estimate of drug-likeness (QED) is 0.337. The first kappa shape index (κ1) is 87.2. The van der Waals surface area contributed by atoms with E-state index in [4.69, 9.17) is 6.42 Å². The van der Waals surface area contributed by atoms with E-state index in [0.29, 0.717) is 6.42 Å². The van der Waals surface area contributed by atoms with Gasteiger partial charge in [-0.05, 0) is 120 Å². The van der Waals surface area contributed by atoms with Crippen molar-refractivity contribution in [3.05, 3.63) is 48.0 Å². The molecule has 1 atom stereocenters. The van der Waals surface area contributed by atoms with Gasteiger partial charge in [-0.25, -0.2) is 0 Å². The van der Waals surface area contributed by atoms with Crippen molar-refractivity contribution >= 4 is 17.7 Å². The minimum atomic E-state index is -0.324. The molecule has 1 aromatic carbocycles. The molecule has 0 aromatic heterocycles. The van der Waals surface area contributed by atoms with E-state index in [1.165, 1.54) is 12.2 Å². The summed E-state index contributed by atoms with van der Waals surface area (Å²) in [4.78, 5) is 36.1. The van der Waals surface area contributed by atoms with Crippen LogP contribution < -0.4 is 5.32 Å². The lowest BCUT2D eigenvalue weighted by atomic mass is 9.96. The number of imide groups is 1. The van der Waals surface area contributed by atoms with Gasteiger partial charge in [-0.2, -0.15) is 0 Å². The first-order valence-corrected chi connectivity index (χ1v) is 29.8. The lowest BCUT2D eigenvalue weighted by molar-refractivity contribution is -0.137. The van der Waals surface area contributed by atoms with E-state index in [1.54, 1.807) is 6.92 Å². The van der Waals surface area contributed by atoms with Gasteiger partial charge in [0.05, 0.1) is 0 Å². The third-order valence-electron chi connectivity index (χ3n) is 9.17. The first-order chi connectivity index (χ1) is 55.0. The highest BCUT2D eigenvalue weighted by Crippen LogP contribution is 2.12. The van der Waals surface area contributed by atoms with Gasteiger partial charge in [0.25, 0.3) is 11.8 Å². The third-order valence-corrected chi connectivity index (χ3v) is 9.17. The van der Waals surface area contributed by atoms with Gasteiger partial charge in [-0.1, -0.05) is 43.2 Å². The number of rotatable bonds is 7. The molecule has 476 valence electrons. The topological polar surface area (TPSA) is 66.5 Å². The largest absolute Gasteiger partial charge is 0.354 e. The van der Waals surface area contributed by atoms with Gasteiger partial charge in [0, 0.05) is 446 Å². The van der Waals surface area contributed by atoms with Gasteiger partial charge in [0.1, 0.15) is 0 Å². The molecule has 0 spiro atoms. The average molecular weight is 1370 g/mol. The number of nitrogens with zero attached hydrogens (tertiary/aromatic N) is 1. The van der Waals surface area contributed by atoms with E-state index in [-0.39, 0.29) is 36.7 Å². The summed E-state index contributed by atoms with van der Waals surface area (Å²) in [6, 6.07) is 9.87. The van der Waals surface area contributed by atoms with Crippen LogP contribution in [0.1, 0.15) is 25.8 Å². The number of carbonyl (C=O) groups is 3. The SMILES string of the molecule is C#CC#CC#CC#CC#CC#CC#CC#CC#CC#CC#CC#CC#CC#CC#CC#CC#CC#CC#CC#CC#CC#CC#CC#CC#CC#CC#CC#CC#CC#CC#CC#CC#CC#CC#CC#CC#CC#CC#CC#CC#CC#CC#CC#CC.CC[C@@H](Cc1ccccc1)C(=O)NCCN1C(=O)C=CC1=O. The summed E-state index contributed by atoms with van der Waals surface area (Å²) in [6.07, 6.45) is 8.87. The highest BCUT2D eigenvalue weighted by molar-refractivity contribution is 6.12. The monoisotopic (exact) mass is 1370 g/mol. The molecule has 0 radical (unpaired) electrons. The molecule has 111 heavy (non-hydrogen) atoms. The van der Waals surface area contributed by atoms with Crippen molar-refractivity contribution in [2.24, 2.45) is 5.92 Å². The number of amides is 3. The molecule has 5 heteroatoms. The Balaban J connectivity index is 0.00000236. The maximum atomic E-state index is 12.2. The Bertz CT molecular complexity index is 7190. The molecule has 1 aromatic rings. The molecular weight excluding hydrogens is 1350 g/mol. The summed E-state index contributed by atoms with van der Waals surface area (Å²) < 4.78 is 0. The van der Waals surface area contributed by atoms with Crippen molar-refractivity contribution in [1.29, 1.82) is 0 Å². The smallest absolute Gasteiger partial charge is 0.253 e. The second kappa shape index (κ2) is 74.0. The second-order valence-corrected chi connectivity index (χ2v) is 16.3. The fourth-order valence-corrected chi connectivity index (χ4v) is 5.10. The average Bonchev–Trinajstić information content (AvgIpc) is 1.78.